The van der Waals surface area contributed by atoms with E-state index in [0.29, 0.717) is 0 Å². The lowest BCUT2D eigenvalue weighted by molar-refractivity contribution is -0.120. The van der Waals surface area contributed by atoms with Gasteiger partial charge in [0, 0.05) is 20.4 Å². The van der Waals surface area contributed by atoms with Crippen LogP contribution in [-0.2, 0) is 9.59 Å². The number of carbonyl (C=O) groups excluding carboxylic acids is 2. The average molecular weight is 347 g/mol. The van der Waals surface area contributed by atoms with E-state index in [2.05, 4.69) is 24.1 Å². The van der Waals surface area contributed by atoms with Crippen molar-refractivity contribution in [1.29, 1.82) is 0 Å². The highest BCUT2D eigenvalue weighted by molar-refractivity contribution is 5.74. The third-order valence-electron chi connectivity index (χ3n) is 4.83. The van der Waals surface area contributed by atoms with Crippen LogP contribution < -0.4 is 10.6 Å². The van der Waals surface area contributed by atoms with E-state index in [1.165, 1.54) is 43.3 Å². The Morgan fingerprint density at radius 2 is 1.80 bits per heavy atom. The second-order valence-electron chi connectivity index (χ2n) is 7.06. The Bertz CT molecular complexity index is 514. The summed E-state index contributed by atoms with van der Waals surface area (Å²) in [7, 11) is 0. The molecule has 0 heterocycles. The van der Waals surface area contributed by atoms with Gasteiger partial charge in [0.15, 0.2) is 0 Å². The van der Waals surface area contributed by atoms with Gasteiger partial charge in [0.05, 0.1) is 6.04 Å². The topological polar surface area (TPSA) is 58.2 Å². The number of hydrogen-bond acceptors (Lipinski definition) is 2. The first-order chi connectivity index (χ1) is 11.9. The van der Waals surface area contributed by atoms with Crippen molar-refractivity contribution < 1.29 is 9.59 Å². The summed E-state index contributed by atoms with van der Waals surface area (Å²) in [4.78, 5) is 21.5. The van der Waals surface area contributed by atoms with Crippen LogP contribution in [0.2, 0.25) is 0 Å². The Balaban J connectivity index is 0.000000257. The molecule has 0 aromatic rings. The fourth-order valence-electron chi connectivity index (χ4n) is 3.46. The first-order valence-electron chi connectivity index (χ1n) is 9.44. The Labute approximate surface area is 152 Å². The minimum absolute atomic E-state index is 0.0363. The van der Waals surface area contributed by atoms with Gasteiger partial charge in [0.25, 0.3) is 0 Å². The van der Waals surface area contributed by atoms with Crippen molar-refractivity contribution in [2.24, 2.45) is 5.92 Å². The zero-order chi connectivity index (χ0) is 18.7. The molecule has 2 aliphatic carbocycles. The molecule has 0 radical (unpaired) electrons. The summed E-state index contributed by atoms with van der Waals surface area (Å²) in [5.41, 5.74) is 2.60. The van der Waals surface area contributed by atoms with Gasteiger partial charge in [-0.2, -0.15) is 0 Å². The number of allylic oxidation sites excluding steroid dienone is 3. The molecule has 1 saturated carbocycles. The number of carbonyl (C=O) groups is 2. The maximum Gasteiger partial charge on any atom is 0.217 e. The van der Waals surface area contributed by atoms with E-state index >= 15 is 0 Å². The molecule has 0 unspecified atom stereocenters. The monoisotopic (exact) mass is 346 g/mol. The van der Waals surface area contributed by atoms with Crippen LogP contribution in [0.3, 0.4) is 0 Å². The molecule has 2 N–H and O–H groups in total. The molecule has 1 fully saturated rings. The van der Waals surface area contributed by atoms with Crippen LogP contribution in [0, 0.1) is 5.92 Å². The van der Waals surface area contributed by atoms with Gasteiger partial charge in [-0.15, -0.1) is 0 Å². The standard InChI is InChI=1S/C12H17NO.C9H17NO/c1-4-5-6-11-9(2)7-8-12(11)13-10(3)14;1-8(11)10-7-9-5-3-2-4-6-9/h4-6,12H,1,7-8H2,2-3H3,(H,13,14);9H,2-7H2,1H3,(H,10,11)/b6-5-;/t12-;/m0./s1. The van der Waals surface area contributed by atoms with Crippen molar-refractivity contribution >= 4 is 11.8 Å². The van der Waals surface area contributed by atoms with Crippen molar-refractivity contribution in [2.75, 3.05) is 6.54 Å². The lowest BCUT2D eigenvalue weighted by Crippen LogP contribution is -2.32. The van der Waals surface area contributed by atoms with Gasteiger partial charge >= 0.3 is 0 Å². The first-order valence-corrected chi connectivity index (χ1v) is 9.44. The molecule has 0 aromatic carbocycles. The van der Waals surface area contributed by atoms with Crippen molar-refractivity contribution in [1.82, 2.24) is 10.6 Å². The zero-order valence-electron chi connectivity index (χ0n) is 16.1. The zero-order valence-corrected chi connectivity index (χ0v) is 16.1. The summed E-state index contributed by atoms with van der Waals surface area (Å²) < 4.78 is 0. The number of rotatable bonds is 5. The van der Waals surface area contributed by atoms with E-state index in [9.17, 15) is 9.59 Å². The third kappa shape index (κ3) is 8.71. The Morgan fingerprint density at radius 1 is 1.12 bits per heavy atom. The molecule has 2 aliphatic rings. The van der Waals surface area contributed by atoms with Crippen LogP contribution in [-0.4, -0.2) is 24.4 Å². The summed E-state index contributed by atoms with van der Waals surface area (Å²) in [5.74, 6) is 0.900. The smallest absolute Gasteiger partial charge is 0.217 e. The molecular weight excluding hydrogens is 312 g/mol. The molecule has 0 saturated heterocycles. The van der Waals surface area contributed by atoms with E-state index < -0.39 is 0 Å². The first kappa shape index (κ1) is 21.2. The highest BCUT2D eigenvalue weighted by Crippen LogP contribution is 2.27. The van der Waals surface area contributed by atoms with Crippen molar-refractivity contribution in [3.8, 4) is 0 Å². The maximum atomic E-state index is 10.9. The predicted molar refractivity (Wildman–Crippen MR) is 104 cm³/mol. The summed E-state index contributed by atoms with van der Waals surface area (Å²) >= 11 is 0. The fraction of sp³-hybridized carbons (Fsp3) is 0.619. The van der Waals surface area contributed by atoms with Crippen LogP contribution in [0.1, 0.15) is 65.7 Å². The van der Waals surface area contributed by atoms with Crippen LogP contribution in [0.15, 0.2) is 36.0 Å². The van der Waals surface area contributed by atoms with Crippen LogP contribution in [0.25, 0.3) is 0 Å². The lowest BCUT2D eigenvalue weighted by Gasteiger charge is -2.21. The molecule has 2 rings (SSSR count). The van der Waals surface area contributed by atoms with Crippen LogP contribution in [0.4, 0.5) is 0 Å². The third-order valence-corrected chi connectivity index (χ3v) is 4.83. The summed E-state index contributed by atoms with van der Waals surface area (Å²) in [5, 5.41) is 5.83. The van der Waals surface area contributed by atoms with E-state index in [4.69, 9.17) is 0 Å². The molecule has 4 nitrogen and oxygen atoms in total. The summed E-state index contributed by atoms with van der Waals surface area (Å²) in [6.07, 6.45) is 14.5. The van der Waals surface area contributed by atoms with Gasteiger partial charge in [-0.05, 0) is 44.1 Å². The van der Waals surface area contributed by atoms with Crippen molar-refractivity contribution in [2.45, 2.75) is 71.8 Å². The van der Waals surface area contributed by atoms with E-state index in [1.807, 2.05) is 12.2 Å². The second kappa shape index (κ2) is 11.7. The number of hydrogen-bond donors (Lipinski definition) is 2. The molecule has 0 aliphatic heterocycles. The van der Waals surface area contributed by atoms with Gasteiger partial charge in [0.2, 0.25) is 11.8 Å². The van der Waals surface area contributed by atoms with E-state index in [0.717, 1.165) is 25.3 Å². The average Bonchev–Trinajstić information content (AvgIpc) is 2.92. The molecule has 0 aromatic heterocycles. The Morgan fingerprint density at radius 3 is 2.36 bits per heavy atom. The van der Waals surface area contributed by atoms with Crippen LogP contribution in [0.5, 0.6) is 0 Å². The quantitative estimate of drug-likeness (QED) is 0.738. The molecule has 140 valence electrons. The van der Waals surface area contributed by atoms with Crippen molar-refractivity contribution in [3.63, 3.8) is 0 Å². The highest BCUT2D eigenvalue weighted by atomic mass is 16.2. The molecule has 0 bridgehead atoms. The molecule has 4 heteroatoms. The number of nitrogens with one attached hydrogen (secondary N) is 2. The summed E-state index contributed by atoms with van der Waals surface area (Å²) in [6, 6.07) is 0.198. The maximum absolute atomic E-state index is 10.9. The number of amides is 2. The SMILES string of the molecule is C=C/C=C\C1=C(C)CC[C@@H]1NC(C)=O.CC(=O)NCC1CCCCC1. The molecule has 1 atom stereocenters. The van der Waals surface area contributed by atoms with Gasteiger partial charge in [-0.1, -0.05) is 49.6 Å². The minimum atomic E-state index is 0.0363. The van der Waals surface area contributed by atoms with Crippen molar-refractivity contribution in [3.05, 3.63) is 36.0 Å². The fourth-order valence-corrected chi connectivity index (χ4v) is 3.46. The van der Waals surface area contributed by atoms with Gasteiger partial charge in [-0.3, -0.25) is 9.59 Å². The largest absolute Gasteiger partial charge is 0.356 e. The predicted octanol–water partition coefficient (Wildman–Crippen LogP) is 4.05. The lowest BCUT2D eigenvalue weighted by atomic mass is 9.89. The molecular formula is C21H34N2O2. The molecule has 25 heavy (non-hydrogen) atoms. The Kier molecular flexibility index (Phi) is 9.90. The molecule has 0 spiro atoms. The minimum Gasteiger partial charge on any atom is -0.356 e. The van der Waals surface area contributed by atoms with Gasteiger partial charge in [0.1, 0.15) is 0 Å². The normalized spacial score (nSPS) is 20.8. The van der Waals surface area contributed by atoms with E-state index in [-0.39, 0.29) is 17.9 Å². The Hall–Kier alpha value is -1.84. The molecule has 2 amide bonds. The van der Waals surface area contributed by atoms with Crippen LogP contribution >= 0.6 is 0 Å². The second-order valence-corrected chi connectivity index (χ2v) is 7.06. The summed E-state index contributed by atoms with van der Waals surface area (Å²) in [6.45, 7) is 9.79. The highest BCUT2D eigenvalue weighted by Gasteiger charge is 2.21. The van der Waals surface area contributed by atoms with Gasteiger partial charge < -0.3 is 10.6 Å². The van der Waals surface area contributed by atoms with Gasteiger partial charge in [-0.25, -0.2) is 0 Å². The van der Waals surface area contributed by atoms with E-state index in [1.54, 1.807) is 19.9 Å².